The van der Waals surface area contributed by atoms with Crippen molar-refractivity contribution >= 4 is 11.6 Å². The number of benzene rings is 4. The van der Waals surface area contributed by atoms with E-state index in [1.165, 1.54) is 0 Å². The fraction of sp³-hybridized carbons (Fsp3) is 0.107. The third kappa shape index (κ3) is 6.37. The Morgan fingerprint density at radius 2 is 1.06 bits per heavy atom. The van der Waals surface area contributed by atoms with Crippen LogP contribution in [-0.2, 0) is 19.8 Å². The number of nitrogens with one attached hydrogen (secondary N) is 1. The molecule has 4 aromatic rings. The molecule has 0 heterocycles. The highest BCUT2D eigenvalue weighted by atomic mass is 16.5. The predicted octanol–water partition coefficient (Wildman–Crippen LogP) is 5.74. The number of hydrogen-bond donors (Lipinski definition) is 2. The Kier molecular flexibility index (Phi) is 7.23. The summed E-state index contributed by atoms with van der Waals surface area (Å²) in [6.45, 7) is 1.52. The van der Waals surface area contributed by atoms with E-state index in [2.05, 4.69) is 0 Å². The highest BCUT2D eigenvalue weighted by Crippen LogP contribution is 2.23. The van der Waals surface area contributed by atoms with Crippen LogP contribution in [0.5, 0.6) is 11.5 Å². The van der Waals surface area contributed by atoms with Gasteiger partial charge >= 0.3 is 0 Å². The summed E-state index contributed by atoms with van der Waals surface area (Å²) < 4.78 is 11.7. The molecule has 0 aromatic heterocycles. The van der Waals surface area contributed by atoms with Crippen LogP contribution >= 0.6 is 0 Å². The van der Waals surface area contributed by atoms with Crippen molar-refractivity contribution in [2.24, 2.45) is 5.73 Å². The maximum absolute atomic E-state index is 8.04. The molecule has 33 heavy (non-hydrogen) atoms. The molecule has 5 nitrogen and oxygen atoms in total. The minimum Gasteiger partial charge on any atom is -0.489 e. The van der Waals surface area contributed by atoms with Crippen molar-refractivity contribution in [1.82, 2.24) is 0 Å². The van der Waals surface area contributed by atoms with Gasteiger partial charge in [-0.25, -0.2) is 0 Å². The van der Waals surface area contributed by atoms with E-state index in [0.29, 0.717) is 19.8 Å². The zero-order chi connectivity index (χ0) is 22.9. The zero-order valence-corrected chi connectivity index (χ0v) is 18.4. The lowest BCUT2D eigenvalue weighted by atomic mass is 10.2. The first-order chi connectivity index (χ1) is 16.2. The maximum Gasteiger partial charge on any atom is 0.193 e. The van der Waals surface area contributed by atoms with Gasteiger partial charge in [-0.05, 0) is 53.1 Å². The highest BCUT2D eigenvalue weighted by Gasteiger charge is 2.11. The molecule has 0 aliphatic carbocycles. The number of nitrogens with two attached hydrogens (primary N) is 1. The Labute approximate surface area is 194 Å². The summed E-state index contributed by atoms with van der Waals surface area (Å²) in [7, 11) is 0. The summed E-state index contributed by atoms with van der Waals surface area (Å²) in [5.74, 6) is 1.56. The Bertz CT molecular complexity index is 1150. The lowest BCUT2D eigenvalue weighted by molar-refractivity contribution is 0.306. The Morgan fingerprint density at radius 3 is 1.52 bits per heavy atom. The zero-order valence-electron chi connectivity index (χ0n) is 18.4. The van der Waals surface area contributed by atoms with Gasteiger partial charge in [0.25, 0.3) is 0 Å². The summed E-state index contributed by atoms with van der Waals surface area (Å²) >= 11 is 0. The molecule has 4 aromatic carbocycles. The number of ether oxygens (including phenoxy) is 2. The first-order valence-electron chi connectivity index (χ1n) is 10.8. The van der Waals surface area contributed by atoms with E-state index in [4.69, 9.17) is 20.6 Å². The lowest BCUT2D eigenvalue weighted by Crippen LogP contribution is -2.35. The van der Waals surface area contributed by atoms with Crippen LogP contribution in [0.1, 0.15) is 16.7 Å². The van der Waals surface area contributed by atoms with Gasteiger partial charge in [-0.3, -0.25) is 5.41 Å². The largest absolute Gasteiger partial charge is 0.489 e. The summed E-state index contributed by atoms with van der Waals surface area (Å²) in [5.41, 5.74) is 9.99. The standard InChI is InChI=1S/C28H27N3O2/c29-28(30)31(25-13-17-27(18-14-25)33-21-24-9-5-2-6-10-24)19-22-11-15-26(16-12-22)32-20-23-7-3-1-4-8-23/h1-18H,19-21H2,(H3,29,30). The van der Waals surface area contributed by atoms with Crippen molar-refractivity contribution in [3.63, 3.8) is 0 Å². The van der Waals surface area contributed by atoms with Crippen LogP contribution in [0.25, 0.3) is 0 Å². The Hall–Kier alpha value is -4.25. The van der Waals surface area contributed by atoms with Crippen LogP contribution in [0.15, 0.2) is 109 Å². The molecule has 0 unspecified atom stereocenters. The van der Waals surface area contributed by atoms with Crippen molar-refractivity contribution in [1.29, 1.82) is 5.41 Å². The molecule has 0 fully saturated rings. The van der Waals surface area contributed by atoms with E-state index >= 15 is 0 Å². The smallest absolute Gasteiger partial charge is 0.193 e. The van der Waals surface area contributed by atoms with Gasteiger partial charge in [-0.2, -0.15) is 0 Å². The van der Waals surface area contributed by atoms with Gasteiger partial charge in [0.1, 0.15) is 24.7 Å². The first-order valence-corrected chi connectivity index (χ1v) is 10.8. The average molecular weight is 438 g/mol. The molecule has 0 atom stereocenters. The van der Waals surface area contributed by atoms with Crippen LogP contribution in [-0.4, -0.2) is 5.96 Å². The van der Waals surface area contributed by atoms with Crippen molar-refractivity contribution < 1.29 is 9.47 Å². The molecule has 0 spiro atoms. The summed E-state index contributed by atoms with van der Waals surface area (Å²) in [5, 5.41) is 8.04. The van der Waals surface area contributed by atoms with Gasteiger partial charge in [-0.15, -0.1) is 0 Å². The van der Waals surface area contributed by atoms with Gasteiger partial charge in [-0.1, -0.05) is 72.8 Å². The predicted molar refractivity (Wildman–Crippen MR) is 133 cm³/mol. The molecule has 166 valence electrons. The molecular formula is C28H27N3O2. The van der Waals surface area contributed by atoms with Crippen molar-refractivity contribution in [2.75, 3.05) is 4.90 Å². The van der Waals surface area contributed by atoms with Crippen LogP contribution in [0, 0.1) is 5.41 Å². The second-order valence-corrected chi connectivity index (χ2v) is 7.66. The van der Waals surface area contributed by atoms with E-state index in [0.717, 1.165) is 33.9 Å². The van der Waals surface area contributed by atoms with Crippen molar-refractivity contribution in [3.8, 4) is 11.5 Å². The van der Waals surface area contributed by atoms with Gasteiger partial charge in [0.2, 0.25) is 0 Å². The molecule has 0 saturated heterocycles. The van der Waals surface area contributed by atoms with Crippen LogP contribution < -0.4 is 20.1 Å². The maximum atomic E-state index is 8.04. The third-order valence-corrected chi connectivity index (χ3v) is 5.20. The molecule has 0 radical (unpaired) electrons. The third-order valence-electron chi connectivity index (χ3n) is 5.20. The van der Waals surface area contributed by atoms with Crippen LogP contribution in [0.2, 0.25) is 0 Å². The molecule has 0 aliphatic heterocycles. The lowest BCUT2D eigenvalue weighted by Gasteiger charge is -2.23. The average Bonchev–Trinajstić information content (AvgIpc) is 2.87. The quantitative estimate of drug-likeness (QED) is 0.259. The second kappa shape index (κ2) is 10.9. The fourth-order valence-electron chi connectivity index (χ4n) is 3.39. The SMILES string of the molecule is N=C(N)N(Cc1ccc(OCc2ccccc2)cc1)c1ccc(OCc2ccccc2)cc1. The monoisotopic (exact) mass is 437 g/mol. The summed E-state index contributed by atoms with van der Waals surface area (Å²) in [6.07, 6.45) is 0. The number of nitrogens with zero attached hydrogens (tertiary/aromatic N) is 1. The second-order valence-electron chi connectivity index (χ2n) is 7.66. The van der Waals surface area contributed by atoms with E-state index in [-0.39, 0.29) is 5.96 Å². The van der Waals surface area contributed by atoms with E-state index in [1.807, 2.05) is 109 Å². The fourth-order valence-corrected chi connectivity index (χ4v) is 3.39. The van der Waals surface area contributed by atoms with Gasteiger partial charge in [0.15, 0.2) is 5.96 Å². The normalized spacial score (nSPS) is 10.4. The number of rotatable bonds is 9. The molecule has 0 bridgehead atoms. The highest BCUT2D eigenvalue weighted by molar-refractivity contribution is 5.92. The molecule has 0 saturated carbocycles. The Balaban J connectivity index is 1.35. The summed E-state index contributed by atoms with van der Waals surface area (Å²) in [6, 6.07) is 35.6. The van der Waals surface area contributed by atoms with E-state index < -0.39 is 0 Å². The number of hydrogen-bond acceptors (Lipinski definition) is 3. The summed E-state index contributed by atoms with van der Waals surface area (Å²) in [4.78, 5) is 1.75. The van der Waals surface area contributed by atoms with Crippen LogP contribution in [0.4, 0.5) is 5.69 Å². The van der Waals surface area contributed by atoms with E-state index in [9.17, 15) is 0 Å². The topological polar surface area (TPSA) is 71.6 Å². The van der Waals surface area contributed by atoms with E-state index in [1.54, 1.807) is 4.90 Å². The van der Waals surface area contributed by atoms with Crippen LogP contribution in [0.3, 0.4) is 0 Å². The number of anilines is 1. The molecular weight excluding hydrogens is 410 g/mol. The molecule has 3 N–H and O–H groups in total. The Morgan fingerprint density at radius 1 is 0.606 bits per heavy atom. The molecule has 0 amide bonds. The first kappa shape index (κ1) is 22.0. The molecule has 5 heteroatoms. The van der Waals surface area contributed by atoms with Crippen molar-refractivity contribution in [2.45, 2.75) is 19.8 Å². The van der Waals surface area contributed by atoms with Crippen molar-refractivity contribution in [3.05, 3.63) is 126 Å². The molecule has 0 aliphatic rings. The molecule has 4 rings (SSSR count). The minimum atomic E-state index is -0.0163. The number of guanidine groups is 1. The van der Waals surface area contributed by atoms with Gasteiger partial charge < -0.3 is 20.1 Å². The van der Waals surface area contributed by atoms with Gasteiger partial charge in [0.05, 0.1) is 6.54 Å². The minimum absolute atomic E-state index is 0.0163. The van der Waals surface area contributed by atoms with Gasteiger partial charge in [0, 0.05) is 5.69 Å².